The number of aromatic nitrogens is 1. The third kappa shape index (κ3) is 2.89. The van der Waals surface area contributed by atoms with Gasteiger partial charge in [-0.2, -0.15) is 0 Å². The van der Waals surface area contributed by atoms with E-state index in [0.717, 1.165) is 10.6 Å². The van der Waals surface area contributed by atoms with E-state index in [4.69, 9.17) is 4.98 Å². The van der Waals surface area contributed by atoms with Crippen molar-refractivity contribution in [3.63, 3.8) is 0 Å². The molecule has 0 bridgehead atoms. The van der Waals surface area contributed by atoms with Crippen LogP contribution in [0.2, 0.25) is 0 Å². The van der Waals surface area contributed by atoms with E-state index in [2.05, 4.69) is 20.8 Å². The smallest absolute Gasteiger partial charge is 0.0963 e. The van der Waals surface area contributed by atoms with E-state index in [9.17, 15) is 5.11 Å². The van der Waals surface area contributed by atoms with Crippen LogP contribution in [0.4, 0.5) is 0 Å². The summed E-state index contributed by atoms with van der Waals surface area (Å²) in [5, 5.41) is 10.7. The van der Waals surface area contributed by atoms with E-state index in [-0.39, 0.29) is 12.0 Å². The molecule has 0 aliphatic heterocycles. The summed E-state index contributed by atoms with van der Waals surface area (Å²) in [4.78, 5) is 5.90. The largest absolute Gasteiger partial charge is 0.391 e. The predicted molar refractivity (Wildman–Crippen MR) is 72.6 cm³/mol. The summed E-state index contributed by atoms with van der Waals surface area (Å²) in [7, 11) is 0. The highest BCUT2D eigenvalue weighted by atomic mass is 32.1. The van der Waals surface area contributed by atoms with Gasteiger partial charge in [-0.25, -0.2) is 4.98 Å². The van der Waals surface area contributed by atoms with Crippen LogP contribution in [0, 0.1) is 0 Å². The molecule has 0 amide bonds. The van der Waals surface area contributed by atoms with E-state index in [1.165, 1.54) is 37.1 Å². The molecule has 96 valence electrons. The summed E-state index contributed by atoms with van der Waals surface area (Å²) in [5.41, 5.74) is 1.15. The Kier molecular flexibility index (Phi) is 3.88. The van der Waals surface area contributed by atoms with E-state index in [0.29, 0.717) is 5.92 Å². The van der Waals surface area contributed by atoms with Crippen LogP contribution in [0.1, 0.15) is 74.4 Å². The van der Waals surface area contributed by atoms with Crippen molar-refractivity contribution in [2.45, 2.75) is 70.8 Å². The number of hydrogen-bond acceptors (Lipinski definition) is 3. The second kappa shape index (κ2) is 5.07. The molecule has 0 saturated heterocycles. The van der Waals surface area contributed by atoms with Gasteiger partial charge in [0.1, 0.15) is 0 Å². The molecule has 1 aliphatic carbocycles. The first-order valence-electron chi connectivity index (χ1n) is 6.63. The maximum atomic E-state index is 9.46. The maximum Gasteiger partial charge on any atom is 0.0963 e. The molecule has 1 aromatic rings. The molecule has 2 nitrogen and oxygen atoms in total. The first kappa shape index (κ1) is 13.0. The highest BCUT2D eigenvalue weighted by Crippen LogP contribution is 2.38. The fraction of sp³-hybridized carbons (Fsp3) is 0.786. The highest BCUT2D eigenvalue weighted by Gasteiger charge is 2.26. The lowest BCUT2D eigenvalue weighted by Crippen LogP contribution is -2.14. The monoisotopic (exact) mass is 253 g/mol. The number of aliphatic hydroxyl groups excluding tert-OH is 1. The van der Waals surface area contributed by atoms with Gasteiger partial charge in [-0.1, -0.05) is 40.0 Å². The third-order valence-electron chi connectivity index (χ3n) is 3.52. The average molecular weight is 253 g/mol. The molecule has 2 rings (SSSR count). The van der Waals surface area contributed by atoms with Crippen LogP contribution in [0.5, 0.6) is 0 Å². The van der Waals surface area contributed by atoms with E-state index in [1.807, 2.05) is 0 Å². The number of aliphatic hydroxyl groups is 1. The minimum atomic E-state index is 0.0431. The second-order valence-corrected chi connectivity index (χ2v) is 7.18. The van der Waals surface area contributed by atoms with Gasteiger partial charge in [0.25, 0.3) is 0 Å². The lowest BCUT2D eigenvalue weighted by Gasteiger charge is -2.20. The van der Waals surface area contributed by atoms with Gasteiger partial charge in [0, 0.05) is 11.3 Å². The van der Waals surface area contributed by atoms with Gasteiger partial charge < -0.3 is 5.11 Å². The van der Waals surface area contributed by atoms with Crippen molar-refractivity contribution in [3.8, 4) is 0 Å². The molecular formula is C14H23NOS. The van der Waals surface area contributed by atoms with Gasteiger partial charge in [-0.05, 0) is 12.8 Å². The second-order valence-electron chi connectivity index (χ2n) is 6.07. The molecule has 0 aromatic carbocycles. The molecule has 1 heterocycles. The Bertz CT molecular complexity index is 372. The summed E-state index contributed by atoms with van der Waals surface area (Å²) < 4.78 is 0. The van der Waals surface area contributed by atoms with Crippen molar-refractivity contribution in [2.75, 3.05) is 0 Å². The minimum Gasteiger partial charge on any atom is -0.391 e. The standard InChI is InChI=1S/C14H23NOS/c1-14(2,3)12-11(9-16)17-13(15-12)10-7-5-4-6-8-10/h10,16H,4-9H2,1-3H3. The van der Waals surface area contributed by atoms with Crippen LogP contribution >= 0.6 is 11.3 Å². The fourth-order valence-corrected chi connectivity index (χ4v) is 3.89. The topological polar surface area (TPSA) is 33.1 Å². The van der Waals surface area contributed by atoms with Crippen LogP contribution in [-0.2, 0) is 12.0 Å². The van der Waals surface area contributed by atoms with Gasteiger partial charge in [0.2, 0.25) is 0 Å². The normalized spacial score (nSPS) is 18.6. The van der Waals surface area contributed by atoms with Crippen LogP contribution in [0.15, 0.2) is 0 Å². The number of hydrogen-bond donors (Lipinski definition) is 1. The summed E-state index contributed by atoms with van der Waals surface area (Å²) in [6, 6.07) is 0. The van der Waals surface area contributed by atoms with Gasteiger partial charge in [0.05, 0.1) is 22.2 Å². The minimum absolute atomic E-state index is 0.0431. The molecular weight excluding hydrogens is 230 g/mol. The average Bonchev–Trinajstić information content (AvgIpc) is 2.74. The Morgan fingerprint density at radius 3 is 2.35 bits per heavy atom. The van der Waals surface area contributed by atoms with E-state index in [1.54, 1.807) is 11.3 Å². The molecule has 0 radical (unpaired) electrons. The van der Waals surface area contributed by atoms with Crippen molar-refractivity contribution in [2.24, 2.45) is 0 Å². The first-order valence-corrected chi connectivity index (χ1v) is 7.45. The maximum absolute atomic E-state index is 9.46. The highest BCUT2D eigenvalue weighted by molar-refractivity contribution is 7.11. The van der Waals surface area contributed by atoms with Gasteiger partial charge >= 0.3 is 0 Å². The van der Waals surface area contributed by atoms with Crippen LogP contribution in [-0.4, -0.2) is 10.1 Å². The summed E-state index contributed by atoms with van der Waals surface area (Å²) in [5.74, 6) is 0.648. The van der Waals surface area contributed by atoms with Gasteiger partial charge in [-0.3, -0.25) is 0 Å². The number of rotatable bonds is 2. The van der Waals surface area contributed by atoms with Gasteiger partial charge in [-0.15, -0.1) is 11.3 Å². The lowest BCUT2D eigenvalue weighted by molar-refractivity contribution is 0.282. The SMILES string of the molecule is CC(C)(C)c1nc(C2CCCCC2)sc1CO. The van der Waals surface area contributed by atoms with E-state index >= 15 is 0 Å². The van der Waals surface area contributed by atoms with Crippen molar-refractivity contribution in [1.29, 1.82) is 0 Å². The Labute approximate surface area is 108 Å². The first-order chi connectivity index (χ1) is 8.02. The third-order valence-corrected chi connectivity index (χ3v) is 4.72. The Morgan fingerprint density at radius 1 is 1.24 bits per heavy atom. The quantitative estimate of drug-likeness (QED) is 0.864. The zero-order valence-electron chi connectivity index (χ0n) is 11.1. The Hall–Kier alpha value is -0.410. The number of thiazole rings is 1. The van der Waals surface area contributed by atoms with Crippen molar-refractivity contribution < 1.29 is 5.11 Å². The van der Waals surface area contributed by atoms with Crippen molar-refractivity contribution >= 4 is 11.3 Å². The zero-order valence-corrected chi connectivity index (χ0v) is 11.9. The molecule has 1 N–H and O–H groups in total. The molecule has 1 saturated carbocycles. The molecule has 0 atom stereocenters. The zero-order chi connectivity index (χ0) is 12.5. The van der Waals surface area contributed by atoms with Gasteiger partial charge in [0.15, 0.2) is 0 Å². The van der Waals surface area contributed by atoms with Crippen LogP contribution in [0.25, 0.3) is 0 Å². The predicted octanol–water partition coefficient (Wildman–Crippen LogP) is 3.98. The van der Waals surface area contributed by atoms with Crippen LogP contribution in [0.3, 0.4) is 0 Å². The Balaban J connectivity index is 2.27. The molecule has 3 heteroatoms. The number of nitrogens with zero attached hydrogens (tertiary/aromatic N) is 1. The molecule has 0 spiro atoms. The van der Waals surface area contributed by atoms with Crippen molar-refractivity contribution in [3.05, 3.63) is 15.6 Å². The molecule has 17 heavy (non-hydrogen) atoms. The van der Waals surface area contributed by atoms with Crippen molar-refractivity contribution in [1.82, 2.24) is 4.98 Å². The van der Waals surface area contributed by atoms with E-state index < -0.39 is 0 Å². The van der Waals surface area contributed by atoms with Crippen LogP contribution < -0.4 is 0 Å². The molecule has 0 unspecified atom stereocenters. The lowest BCUT2D eigenvalue weighted by atomic mass is 9.89. The molecule has 1 aliphatic rings. The summed E-state index contributed by atoms with van der Waals surface area (Å²) in [6.07, 6.45) is 6.61. The summed E-state index contributed by atoms with van der Waals surface area (Å²) in [6.45, 7) is 6.65. The fourth-order valence-electron chi connectivity index (χ4n) is 2.59. The molecule has 1 fully saturated rings. The Morgan fingerprint density at radius 2 is 1.88 bits per heavy atom. The molecule has 1 aromatic heterocycles. The summed E-state index contributed by atoms with van der Waals surface area (Å²) >= 11 is 1.73.